The van der Waals surface area contributed by atoms with E-state index in [9.17, 15) is 9.59 Å². The molecule has 0 atom stereocenters. The molecule has 0 saturated heterocycles. The van der Waals surface area contributed by atoms with Gasteiger partial charge in [-0.25, -0.2) is 0 Å². The first-order valence-electron chi connectivity index (χ1n) is 7.96. The fraction of sp³-hybridized carbons (Fsp3) is 0.222. The molecule has 0 radical (unpaired) electrons. The van der Waals surface area contributed by atoms with Crippen LogP contribution in [0, 0.1) is 0 Å². The van der Waals surface area contributed by atoms with Crippen LogP contribution in [0.2, 0.25) is 5.02 Å². The quantitative estimate of drug-likeness (QED) is 0.752. The Morgan fingerprint density at radius 2 is 1.96 bits per heavy atom. The fourth-order valence-electron chi connectivity index (χ4n) is 3.22. The molecule has 1 aliphatic rings. The van der Waals surface area contributed by atoms with Crippen molar-refractivity contribution in [2.45, 2.75) is 25.7 Å². The number of rotatable bonds is 2. The van der Waals surface area contributed by atoms with E-state index in [4.69, 9.17) is 11.6 Å². The Hall–Kier alpha value is -2.53. The molecule has 0 unspecified atom stereocenters. The molecule has 0 saturated carbocycles. The van der Waals surface area contributed by atoms with Crippen molar-refractivity contribution in [1.29, 1.82) is 0 Å². The molecule has 0 amide bonds. The Bertz CT molecular complexity index is 1070. The van der Waals surface area contributed by atoms with Gasteiger partial charge in [0.2, 0.25) is 0 Å². The lowest BCUT2D eigenvalue weighted by Gasteiger charge is -2.14. The Morgan fingerprint density at radius 3 is 2.79 bits per heavy atom. The molecule has 122 valence electrons. The van der Waals surface area contributed by atoms with E-state index < -0.39 is 0 Å². The third kappa shape index (κ3) is 2.51. The Balaban J connectivity index is 1.87. The van der Waals surface area contributed by atoms with Gasteiger partial charge in [-0.2, -0.15) is 4.52 Å². The molecule has 6 heteroatoms. The maximum absolute atomic E-state index is 12.6. The van der Waals surface area contributed by atoms with Crippen LogP contribution in [0.15, 0.2) is 33.9 Å². The van der Waals surface area contributed by atoms with Crippen LogP contribution >= 0.6 is 11.6 Å². The molecule has 0 aliphatic heterocycles. The highest BCUT2D eigenvalue weighted by Gasteiger charge is 2.18. The maximum atomic E-state index is 12.6. The largest absolute Gasteiger partial charge is 0.343 e. The van der Waals surface area contributed by atoms with Crippen molar-refractivity contribution in [3.8, 4) is 0 Å². The van der Waals surface area contributed by atoms with E-state index in [1.165, 1.54) is 4.52 Å². The number of aromatic nitrogens is 3. The van der Waals surface area contributed by atoms with Crippen LogP contribution in [0.4, 0.5) is 0 Å². The first kappa shape index (κ1) is 15.0. The lowest BCUT2D eigenvalue weighted by Crippen LogP contribution is -2.25. The predicted octanol–water partition coefficient (Wildman–Crippen LogP) is 3.02. The fourth-order valence-corrected chi connectivity index (χ4v) is 3.42. The van der Waals surface area contributed by atoms with E-state index in [0.29, 0.717) is 16.2 Å². The lowest BCUT2D eigenvalue weighted by atomic mass is 9.97. The van der Waals surface area contributed by atoms with Crippen LogP contribution in [0.1, 0.15) is 35.2 Å². The average Bonchev–Trinajstić information content (AvgIpc) is 2.89. The third-order valence-corrected chi connectivity index (χ3v) is 4.66. The Kier molecular flexibility index (Phi) is 3.65. The highest BCUT2D eigenvalue weighted by atomic mass is 35.5. The van der Waals surface area contributed by atoms with Gasteiger partial charge in [-0.05, 0) is 49.5 Å². The molecule has 5 nitrogen and oxygen atoms in total. The van der Waals surface area contributed by atoms with Gasteiger partial charge >= 0.3 is 0 Å². The Morgan fingerprint density at radius 1 is 1.12 bits per heavy atom. The van der Waals surface area contributed by atoms with Crippen LogP contribution in [0.3, 0.4) is 0 Å². The number of nitrogens with zero attached hydrogens (tertiary/aromatic N) is 1. The van der Waals surface area contributed by atoms with Gasteiger partial charge in [0, 0.05) is 16.3 Å². The van der Waals surface area contributed by atoms with E-state index in [1.54, 1.807) is 12.1 Å². The summed E-state index contributed by atoms with van der Waals surface area (Å²) in [6, 6.07) is 7.36. The van der Waals surface area contributed by atoms with Gasteiger partial charge in [-0.15, -0.1) is 0 Å². The minimum Gasteiger partial charge on any atom is -0.343 e. The van der Waals surface area contributed by atoms with Crippen molar-refractivity contribution in [3.63, 3.8) is 0 Å². The highest BCUT2D eigenvalue weighted by Crippen LogP contribution is 2.18. The van der Waals surface area contributed by atoms with E-state index in [2.05, 4.69) is 10.1 Å². The summed E-state index contributed by atoms with van der Waals surface area (Å²) < 4.78 is 1.32. The topological polar surface area (TPSA) is 70.1 Å². The number of aryl methyl sites for hydroxylation is 1. The van der Waals surface area contributed by atoms with E-state index in [1.807, 2.05) is 24.3 Å². The Labute approximate surface area is 142 Å². The SMILES string of the molecule is O=c1[nH]n2c(=O)c3c([nH]c2c1C=Cc1cccc(Cl)c1)CCCC3. The number of benzene rings is 1. The summed E-state index contributed by atoms with van der Waals surface area (Å²) in [4.78, 5) is 28.1. The summed E-state index contributed by atoms with van der Waals surface area (Å²) in [5.74, 6) is 0. The third-order valence-electron chi connectivity index (χ3n) is 4.43. The summed E-state index contributed by atoms with van der Waals surface area (Å²) in [7, 11) is 0. The zero-order valence-electron chi connectivity index (χ0n) is 12.9. The van der Waals surface area contributed by atoms with Crippen molar-refractivity contribution in [1.82, 2.24) is 14.6 Å². The molecule has 3 aromatic rings. The first-order chi connectivity index (χ1) is 11.6. The van der Waals surface area contributed by atoms with Crippen LogP contribution in [0.5, 0.6) is 0 Å². The zero-order valence-corrected chi connectivity index (χ0v) is 13.7. The second kappa shape index (κ2) is 5.83. The summed E-state index contributed by atoms with van der Waals surface area (Å²) >= 11 is 5.98. The number of hydrogen-bond donors (Lipinski definition) is 2. The minimum atomic E-state index is -0.288. The number of H-pyrrole nitrogens is 2. The zero-order chi connectivity index (χ0) is 16.7. The molecule has 0 fully saturated rings. The van der Waals surface area contributed by atoms with E-state index >= 15 is 0 Å². The summed E-state index contributed by atoms with van der Waals surface area (Å²) in [5, 5.41) is 3.27. The van der Waals surface area contributed by atoms with E-state index in [0.717, 1.165) is 42.5 Å². The van der Waals surface area contributed by atoms with Crippen molar-refractivity contribution < 1.29 is 0 Å². The van der Waals surface area contributed by atoms with Crippen LogP contribution in [-0.4, -0.2) is 14.6 Å². The van der Waals surface area contributed by atoms with Crippen LogP contribution < -0.4 is 11.1 Å². The van der Waals surface area contributed by atoms with Gasteiger partial charge in [0.05, 0.1) is 5.56 Å². The highest BCUT2D eigenvalue weighted by molar-refractivity contribution is 6.30. The molecule has 1 aromatic carbocycles. The second-order valence-electron chi connectivity index (χ2n) is 6.02. The molecule has 1 aliphatic carbocycles. The molecule has 0 spiro atoms. The van der Waals surface area contributed by atoms with Gasteiger partial charge in [-0.3, -0.25) is 14.7 Å². The molecular weight excluding hydrogens is 326 g/mol. The molecule has 2 heterocycles. The van der Waals surface area contributed by atoms with Gasteiger partial charge in [0.15, 0.2) is 0 Å². The molecule has 4 rings (SSSR count). The number of aromatic amines is 2. The molecule has 2 N–H and O–H groups in total. The van der Waals surface area contributed by atoms with Gasteiger partial charge < -0.3 is 4.98 Å². The van der Waals surface area contributed by atoms with Crippen molar-refractivity contribution in [2.24, 2.45) is 0 Å². The summed E-state index contributed by atoms with van der Waals surface area (Å²) in [6.45, 7) is 0. The van der Waals surface area contributed by atoms with Crippen molar-refractivity contribution in [3.05, 3.63) is 72.4 Å². The normalized spacial score (nSPS) is 14.4. The van der Waals surface area contributed by atoms with Crippen molar-refractivity contribution in [2.75, 3.05) is 0 Å². The smallest absolute Gasteiger partial charge is 0.276 e. The average molecular weight is 342 g/mol. The standard InChI is InChI=1S/C18H16ClN3O2/c19-12-5-3-4-11(10-12)8-9-14-16-20-15-7-2-1-6-13(15)18(24)22(16)21-17(14)23/h3-5,8-10,20H,1-2,6-7H2,(H,21,23). The van der Waals surface area contributed by atoms with Crippen molar-refractivity contribution >= 4 is 29.4 Å². The predicted molar refractivity (Wildman–Crippen MR) is 95.7 cm³/mol. The maximum Gasteiger partial charge on any atom is 0.276 e. The molecule has 24 heavy (non-hydrogen) atoms. The monoisotopic (exact) mass is 341 g/mol. The lowest BCUT2D eigenvalue weighted by molar-refractivity contribution is 0.651. The number of nitrogens with one attached hydrogen (secondary N) is 2. The number of hydrogen-bond acceptors (Lipinski definition) is 2. The summed E-state index contributed by atoms with van der Waals surface area (Å²) in [6.07, 6.45) is 7.20. The van der Waals surface area contributed by atoms with Gasteiger partial charge in [0.1, 0.15) is 5.65 Å². The van der Waals surface area contributed by atoms with E-state index in [-0.39, 0.29) is 11.1 Å². The number of halogens is 1. The summed E-state index contributed by atoms with van der Waals surface area (Å²) in [5.41, 5.74) is 3.17. The van der Waals surface area contributed by atoms with Crippen LogP contribution in [0.25, 0.3) is 17.8 Å². The van der Waals surface area contributed by atoms with Gasteiger partial charge in [-0.1, -0.05) is 29.8 Å². The minimum absolute atomic E-state index is 0.127. The molecular formula is C18H16ClN3O2. The van der Waals surface area contributed by atoms with Gasteiger partial charge in [0.25, 0.3) is 11.1 Å². The molecule has 0 bridgehead atoms. The second-order valence-corrected chi connectivity index (χ2v) is 6.46. The number of fused-ring (bicyclic) bond motifs is 2. The van der Waals surface area contributed by atoms with Crippen LogP contribution in [-0.2, 0) is 12.8 Å². The first-order valence-corrected chi connectivity index (χ1v) is 8.34. The molecule has 2 aromatic heterocycles.